The van der Waals surface area contributed by atoms with Gasteiger partial charge in [0, 0.05) is 16.1 Å². The molecule has 0 fully saturated rings. The zero-order valence-electron chi connectivity index (χ0n) is 15.3. The summed E-state index contributed by atoms with van der Waals surface area (Å²) in [6.45, 7) is 6.35. The molecule has 0 aliphatic carbocycles. The number of halogens is 1. The number of ether oxygens (including phenoxy) is 1. The number of carbonyl (C=O) groups excluding carboxylic acids is 1. The van der Waals surface area contributed by atoms with Crippen molar-refractivity contribution in [1.82, 2.24) is 9.55 Å². The number of imidazole rings is 1. The Morgan fingerprint density at radius 2 is 1.96 bits per heavy atom. The molecule has 0 spiro atoms. The maximum atomic E-state index is 12.3. The lowest BCUT2D eigenvalue weighted by atomic mass is 9.89. The van der Waals surface area contributed by atoms with Crippen molar-refractivity contribution < 1.29 is 9.53 Å². The molecule has 1 aromatic heterocycles. The molecule has 26 heavy (non-hydrogen) atoms. The van der Waals surface area contributed by atoms with Crippen LogP contribution >= 0.6 is 11.6 Å². The number of carbonyl (C=O) groups is 1. The molecule has 136 valence electrons. The smallest absolute Gasteiger partial charge is 0.229 e. The highest BCUT2D eigenvalue weighted by Gasteiger charge is 2.25. The number of aromatic nitrogens is 2. The molecule has 0 bridgehead atoms. The Morgan fingerprint density at radius 1 is 1.23 bits per heavy atom. The third-order valence-corrected chi connectivity index (χ3v) is 4.65. The van der Waals surface area contributed by atoms with E-state index in [1.165, 1.54) is 0 Å². The summed E-state index contributed by atoms with van der Waals surface area (Å²) in [4.78, 5) is 16.8. The number of fused-ring (bicyclic) bond motifs is 1. The molecule has 1 unspecified atom stereocenters. The van der Waals surface area contributed by atoms with E-state index in [1.807, 2.05) is 24.5 Å². The first-order chi connectivity index (χ1) is 12.2. The van der Waals surface area contributed by atoms with Gasteiger partial charge in [0.15, 0.2) is 0 Å². The van der Waals surface area contributed by atoms with Crippen LogP contribution in [0, 0.1) is 0 Å². The molecule has 6 heteroatoms. The van der Waals surface area contributed by atoms with Gasteiger partial charge in [0.05, 0.1) is 30.4 Å². The van der Waals surface area contributed by atoms with Gasteiger partial charge >= 0.3 is 0 Å². The van der Waals surface area contributed by atoms with Gasteiger partial charge in [-0.05, 0) is 56.7 Å². The summed E-state index contributed by atoms with van der Waals surface area (Å²) in [6, 6.07) is 10.9. The average Bonchev–Trinajstić information content (AvgIpc) is 2.98. The lowest BCUT2D eigenvalue weighted by Crippen LogP contribution is -2.23. The molecular formula is C20H22ClN3O2. The number of hydrogen-bond donors (Lipinski definition) is 1. The fourth-order valence-electron chi connectivity index (χ4n) is 3.17. The van der Waals surface area contributed by atoms with Gasteiger partial charge in [-0.3, -0.25) is 4.79 Å². The number of nitrogens with two attached hydrogens (primary N) is 1. The van der Waals surface area contributed by atoms with E-state index >= 15 is 0 Å². The minimum absolute atomic E-state index is 0.0878. The molecule has 0 aliphatic rings. The Balaban J connectivity index is 2.16. The molecule has 2 aromatic carbocycles. The fourth-order valence-corrected chi connectivity index (χ4v) is 3.35. The second-order valence-corrected chi connectivity index (χ2v) is 7.69. The van der Waals surface area contributed by atoms with Crippen LogP contribution in [-0.4, -0.2) is 22.6 Å². The van der Waals surface area contributed by atoms with Gasteiger partial charge in [-0.1, -0.05) is 17.7 Å². The Kier molecular flexibility index (Phi) is 4.67. The summed E-state index contributed by atoms with van der Waals surface area (Å²) >= 11 is 6.14. The lowest BCUT2D eigenvalue weighted by Gasteiger charge is -2.22. The predicted molar refractivity (Wildman–Crippen MR) is 104 cm³/mol. The maximum Gasteiger partial charge on any atom is 0.229 e. The van der Waals surface area contributed by atoms with Crippen molar-refractivity contribution >= 4 is 28.5 Å². The standard InChI is InChI=1S/C20H22ClN3O2/c1-20(2,3)24-11-23-15-9-12(5-7-16(15)24)18(19(22)25)14-10-13(21)6-8-17(14)26-4/h5-11,18H,1-4H3,(H2,22,25). The molecule has 2 N–H and O–H groups in total. The van der Waals surface area contributed by atoms with Crippen LogP contribution in [-0.2, 0) is 10.3 Å². The molecule has 0 aliphatic heterocycles. The van der Waals surface area contributed by atoms with E-state index in [9.17, 15) is 4.79 Å². The molecule has 0 saturated heterocycles. The fraction of sp³-hybridized carbons (Fsp3) is 0.300. The number of benzene rings is 2. The SMILES string of the molecule is COc1ccc(Cl)cc1C(C(N)=O)c1ccc2c(c1)ncn2C(C)(C)C. The minimum atomic E-state index is -0.673. The summed E-state index contributed by atoms with van der Waals surface area (Å²) in [5.74, 6) is -0.577. The number of amides is 1. The number of hydrogen-bond acceptors (Lipinski definition) is 3. The highest BCUT2D eigenvalue weighted by molar-refractivity contribution is 6.30. The summed E-state index contributed by atoms with van der Waals surface area (Å²) < 4.78 is 7.51. The van der Waals surface area contributed by atoms with Crippen molar-refractivity contribution in [3.05, 3.63) is 58.9 Å². The molecule has 0 saturated carbocycles. The Labute approximate surface area is 157 Å². The van der Waals surface area contributed by atoms with E-state index in [-0.39, 0.29) is 5.54 Å². The largest absolute Gasteiger partial charge is 0.496 e. The number of methoxy groups -OCH3 is 1. The molecule has 0 radical (unpaired) electrons. The van der Waals surface area contributed by atoms with Crippen LogP contribution in [0.25, 0.3) is 11.0 Å². The van der Waals surface area contributed by atoms with Crippen molar-refractivity contribution in [3.8, 4) is 5.75 Å². The van der Waals surface area contributed by atoms with Gasteiger partial charge in [-0.2, -0.15) is 0 Å². The second kappa shape index (κ2) is 6.65. The van der Waals surface area contributed by atoms with E-state index < -0.39 is 11.8 Å². The predicted octanol–water partition coefficient (Wildman–Crippen LogP) is 4.07. The molecule has 3 rings (SSSR count). The average molecular weight is 372 g/mol. The molecule has 5 nitrogen and oxygen atoms in total. The minimum Gasteiger partial charge on any atom is -0.496 e. The van der Waals surface area contributed by atoms with E-state index in [1.54, 1.807) is 25.3 Å². The second-order valence-electron chi connectivity index (χ2n) is 7.26. The van der Waals surface area contributed by atoms with Crippen molar-refractivity contribution in [2.24, 2.45) is 5.73 Å². The van der Waals surface area contributed by atoms with Crippen molar-refractivity contribution in [2.75, 3.05) is 7.11 Å². The van der Waals surface area contributed by atoms with E-state index in [0.717, 1.165) is 16.6 Å². The number of primary amides is 1. The van der Waals surface area contributed by atoms with Crippen molar-refractivity contribution in [3.63, 3.8) is 0 Å². The Bertz CT molecular complexity index is 973. The zero-order chi connectivity index (χ0) is 19.1. The van der Waals surface area contributed by atoms with Crippen LogP contribution in [0.1, 0.15) is 37.8 Å². The highest BCUT2D eigenvalue weighted by Crippen LogP contribution is 2.35. The topological polar surface area (TPSA) is 70.1 Å². The van der Waals surface area contributed by atoms with Gasteiger partial charge in [0.2, 0.25) is 5.91 Å². The van der Waals surface area contributed by atoms with Crippen LogP contribution in [0.3, 0.4) is 0 Å². The normalized spacial score (nSPS) is 13.0. The van der Waals surface area contributed by atoms with Crippen LogP contribution in [0.5, 0.6) is 5.75 Å². The first kappa shape index (κ1) is 18.3. The summed E-state index contributed by atoms with van der Waals surface area (Å²) in [7, 11) is 1.55. The van der Waals surface area contributed by atoms with E-state index in [4.69, 9.17) is 22.1 Å². The third kappa shape index (κ3) is 3.27. The van der Waals surface area contributed by atoms with Gasteiger partial charge in [0.1, 0.15) is 5.75 Å². The first-order valence-corrected chi connectivity index (χ1v) is 8.70. The van der Waals surface area contributed by atoms with Gasteiger partial charge in [-0.15, -0.1) is 0 Å². The molecule has 1 atom stereocenters. The van der Waals surface area contributed by atoms with Crippen LogP contribution in [0.4, 0.5) is 0 Å². The van der Waals surface area contributed by atoms with Crippen LogP contribution in [0.2, 0.25) is 5.02 Å². The summed E-state index contributed by atoms with van der Waals surface area (Å²) in [5.41, 5.74) is 8.85. The summed E-state index contributed by atoms with van der Waals surface area (Å²) in [5, 5.41) is 0.519. The third-order valence-electron chi connectivity index (χ3n) is 4.41. The lowest BCUT2D eigenvalue weighted by molar-refractivity contribution is -0.118. The van der Waals surface area contributed by atoms with Crippen LogP contribution < -0.4 is 10.5 Å². The Hall–Kier alpha value is -2.53. The van der Waals surface area contributed by atoms with Crippen molar-refractivity contribution in [1.29, 1.82) is 0 Å². The summed E-state index contributed by atoms with van der Waals surface area (Å²) in [6.07, 6.45) is 1.81. The van der Waals surface area contributed by atoms with E-state index in [2.05, 4.69) is 30.3 Å². The van der Waals surface area contributed by atoms with Gasteiger partial charge in [0.25, 0.3) is 0 Å². The zero-order valence-corrected chi connectivity index (χ0v) is 16.0. The molecule has 1 heterocycles. The first-order valence-electron chi connectivity index (χ1n) is 8.32. The molecular weight excluding hydrogens is 350 g/mol. The van der Waals surface area contributed by atoms with Crippen LogP contribution in [0.15, 0.2) is 42.7 Å². The molecule has 3 aromatic rings. The van der Waals surface area contributed by atoms with E-state index in [0.29, 0.717) is 16.3 Å². The van der Waals surface area contributed by atoms with Crippen molar-refractivity contribution in [2.45, 2.75) is 32.2 Å². The Morgan fingerprint density at radius 3 is 2.58 bits per heavy atom. The monoisotopic (exact) mass is 371 g/mol. The number of rotatable bonds is 4. The molecule has 1 amide bonds. The highest BCUT2D eigenvalue weighted by atomic mass is 35.5. The number of nitrogens with zero attached hydrogens (tertiary/aromatic N) is 2. The van der Waals surface area contributed by atoms with Gasteiger partial charge < -0.3 is 15.0 Å². The maximum absolute atomic E-state index is 12.3. The van der Waals surface area contributed by atoms with Gasteiger partial charge in [-0.25, -0.2) is 4.98 Å². The quantitative estimate of drug-likeness (QED) is 0.751.